The van der Waals surface area contributed by atoms with Crippen molar-refractivity contribution >= 4 is 35.2 Å². The molecule has 4 N–H and O–H groups in total. The van der Waals surface area contributed by atoms with Crippen LogP contribution in [0.4, 0.5) is 10.5 Å². The Labute approximate surface area is 126 Å². The molecule has 0 unspecified atom stereocenters. The number of rotatable bonds is 1. The lowest BCUT2D eigenvalue weighted by Crippen LogP contribution is -2.58. The average Bonchev–Trinajstić information content (AvgIpc) is 2.38. The lowest BCUT2D eigenvalue weighted by atomic mass is 9.86. The molecule has 0 spiro atoms. The molecule has 1 aromatic rings. The van der Waals surface area contributed by atoms with Gasteiger partial charge in [0.25, 0.3) is 0 Å². The minimum atomic E-state index is -1.39. The molecule has 1 saturated heterocycles. The van der Waals surface area contributed by atoms with Crippen LogP contribution in [0, 0.1) is 0 Å². The van der Waals surface area contributed by atoms with Gasteiger partial charge in [-0.1, -0.05) is 23.7 Å². The minimum Gasteiger partial charge on any atom is -0.463 e. The molecule has 0 bridgehead atoms. The van der Waals surface area contributed by atoms with E-state index in [1.807, 2.05) is 0 Å². The summed E-state index contributed by atoms with van der Waals surface area (Å²) in [6.45, 7) is 1.75. The molecule has 0 radical (unpaired) electrons. The summed E-state index contributed by atoms with van der Waals surface area (Å²) in [7, 11) is 1.46. The minimum absolute atomic E-state index is 0.0419. The number of guanidine groups is 1. The lowest BCUT2D eigenvalue weighted by Gasteiger charge is -2.40. The van der Waals surface area contributed by atoms with Crippen LogP contribution in [0.1, 0.15) is 18.9 Å². The van der Waals surface area contributed by atoms with Gasteiger partial charge in [-0.15, -0.1) is 4.99 Å². The van der Waals surface area contributed by atoms with E-state index < -0.39 is 11.6 Å². The van der Waals surface area contributed by atoms with Crippen molar-refractivity contribution in [3.05, 3.63) is 28.8 Å². The first kappa shape index (κ1) is 15.1. The number of nitrogens with one attached hydrogen (secondary N) is 1. The standard InChI is InChI=1S/C13H15ClN4O3/c1-13(7-4-3-5-8(15)10(7)14)6-9(19)18(2)11(17-13)16-12(20)21/h3-5H,6,15H2,1-2H3,(H,16,17)(H,20,21)/t13-/m0/s1. The Morgan fingerprint density at radius 3 is 2.86 bits per heavy atom. The summed E-state index contributed by atoms with van der Waals surface area (Å²) in [6.07, 6.45) is -1.29. The van der Waals surface area contributed by atoms with Gasteiger partial charge in [-0.2, -0.15) is 0 Å². The van der Waals surface area contributed by atoms with E-state index in [-0.39, 0.29) is 18.3 Å². The topological polar surface area (TPSA) is 108 Å². The summed E-state index contributed by atoms with van der Waals surface area (Å²) in [5, 5.41) is 12.1. The molecule has 1 atom stereocenters. The van der Waals surface area contributed by atoms with Crippen molar-refractivity contribution in [2.24, 2.45) is 4.99 Å². The largest absolute Gasteiger partial charge is 0.463 e. The quantitative estimate of drug-likeness (QED) is 0.683. The molecule has 1 aliphatic rings. The van der Waals surface area contributed by atoms with Gasteiger partial charge in [-0.3, -0.25) is 9.69 Å². The molecular formula is C13H15ClN4O3. The first-order valence-electron chi connectivity index (χ1n) is 6.15. The van der Waals surface area contributed by atoms with Gasteiger partial charge < -0.3 is 16.2 Å². The van der Waals surface area contributed by atoms with E-state index in [0.29, 0.717) is 16.3 Å². The summed E-state index contributed by atoms with van der Waals surface area (Å²) < 4.78 is 0. The molecule has 8 heteroatoms. The Bertz CT molecular complexity index is 646. The van der Waals surface area contributed by atoms with Gasteiger partial charge in [0.2, 0.25) is 11.9 Å². The van der Waals surface area contributed by atoms with Crippen molar-refractivity contribution in [1.29, 1.82) is 0 Å². The van der Waals surface area contributed by atoms with E-state index in [2.05, 4.69) is 10.3 Å². The van der Waals surface area contributed by atoms with E-state index >= 15 is 0 Å². The number of carboxylic acid groups (broad SMARTS) is 1. The molecule has 1 aliphatic heterocycles. The van der Waals surface area contributed by atoms with Gasteiger partial charge in [0.15, 0.2) is 0 Å². The average molecular weight is 311 g/mol. The maximum Gasteiger partial charge on any atom is 0.434 e. The number of hydrogen-bond donors (Lipinski definition) is 3. The van der Waals surface area contributed by atoms with Crippen LogP contribution in [0.5, 0.6) is 0 Å². The molecule has 2 rings (SSSR count). The van der Waals surface area contributed by atoms with E-state index in [0.717, 1.165) is 4.90 Å². The highest BCUT2D eigenvalue weighted by Crippen LogP contribution is 2.36. The molecule has 21 heavy (non-hydrogen) atoms. The highest BCUT2D eigenvalue weighted by molar-refractivity contribution is 6.34. The molecule has 0 saturated carbocycles. The third-order valence-electron chi connectivity index (χ3n) is 3.41. The Hall–Kier alpha value is -2.28. The Morgan fingerprint density at radius 2 is 2.24 bits per heavy atom. The number of anilines is 1. The summed E-state index contributed by atoms with van der Waals surface area (Å²) in [5.74, 6) is -0.311. The van der Waals surface area contributed by atoms with Crippen LogP contribution in [0.3, 0.4) is 0 Å². The fraction of sp³-hybridized carbons (Fsp3) is 0.308. The number of carbonyl (C=O) groups is 2. The molecule has 0 aliphatic carbocycles. The van der Waals surface area contributed by atoms with Crippen LogP contribution in [0.25, 0.3) is 0 Å². The number of nitrogens with zero attached hydrogens (tertiary/aromatic N) is 2. The van der Waals surface area contributed by atoms with Crippen LogP contribution >= 0.6 is 11.6 Å². The second-order valence-electron chi connectivity index (χ2n) is 5.01. The number of benzene rings is 1. The Kier molecular flexibility index (Phi) is 3.78. The zero-order chi connectivity index (χ0) is 15.8. The number of aliphatic imine (C=N–C) groups is 1. The number of nitrogens with two attached hydrogens (primary N) is 1. The smallest absolute Gasteiger partial charge is 0.434 e. The normalized spacial score (nSPS) is 24.0. The Morgan fingerprint density at radius 1 is 1.57 bits per heavy atom. The first-order chi connectivity index (χ1) is 9.74. The summed E-state index contributed by atoms with van der Waals surface area (Å²) >= 11 is 6.21. The van der Waals surface area contributed by atoms with Crippen LogP contribution in [-0.2, 0) is 10.3 Å². The molecule has 1 fully saturated rings. The van der Waals surface area contributed by atoms with Crippen molar-refractivity contribution in [2.75, 3.05) is 12.8 Å². The second kappa shape index (κ2) is 5.25. The Balaban J connectivity index is 2.49. The predicted octanol–water partition coefficient (Wildman–Crippen LogP) is 1.62. The first-order valence-corrected chi connectivity index (χ1v) is 6.53. The van der Waals surface area contributed by atoms with Gasteiger partial charge in [0, 0.05) is 7.05 Å². The van der Waals surface area contributed by atoms with E-state index in [1.54, 1.807) is 25.1 Å². The van der Waals surface area contributed by atoms with Crippen molar-refractivity contribution < 1.29 is 14.7 Å². The van der Waals surface area contributed by atoms with Crippen molar-refractivity contribution in [2.45, 2.75) is 18.9 Å². The highest BCUT2D eigenvalue weighted by Gasteiger charge is 2.40. The molecule has 1 heterocycles. The zero-order valence-corrected chi connectivity index (χ0v) is 12.3. The van der Waals surface area contributed by atoms with Gasteiger partial charge in [-0.05, 0) is 18.6 Å². The summed E-state index contributed by atoms with van der Waals surface area (Å²) in [4.78, 5) is 27.4. The number of nitrogen functional groups attached to an aromatic ring is 1. The maximum absolute atomic E-state index is 12.1. The molecule has 7 nitrogen and oxygen atoms in total. The molecule has 2 amide bonds. The van der Waals surface area contributed by atoms with Crippen molar-refractivity contribution in [3.63, 3.8) is 0 Å². The third-order valence-corrected chi connectivity index (χ3v) is 3.83. The maximum atomic E-state index is 12.1. The van der Waals surface area contributed by atoms with Gasteiger partial charge in [0.05, 0.1) is 22.7 Å². The second-order valence-corrected chi connectivity index (χ2v) is 5.39. The van der Waals surface area contributed by atoms with E-state index in [4.69, 9.17) is 22.4 Å². The number of amides is 2. The number of halogens is 1. The SMILES string of the molecule is CN1C(=O)C[C@@](C)(c2cccc(N)c2Cl)N/C1=N\C(=O)O. The fourth-order valence-electron chi connectivity index (χ4n) is 2.25. The van der Waals surface area contributed by atoms with Gasteiger partial charge in [-0.25, -0.2) is 4.79 Å². The van der Waals surface area contributed by atoms with Crippen molar-refractivity contribution in [3.8, 4) is 0 Å². The summed E-state index contributed by atoms with van der Waals surface area (Å²) in [5.41, 5.74) is 5.90. The van der Waals surface area contributed by atoms with Gasteiger partial charge in [0.1, 0.15) is 0 Å². The molecule has 1 aromatic carbocycles. The highest BCUT2D eigenvalue weighted by atomic mass is 35.5. The predicted molar refractivity (Wildman–Crippen MR) is 79.2 cm³/mol. The van der Waals surface area contributed by atoms with Crippen LogP contribution in [-0.4, -0.2) is 35.0 Å². The number of carbonyl (C=O) groups excluding carboxylic acids is 1. The third kappa shape index (κ3) is 2.78. The van der Waals surface area contributed by atoms with Crippen molar-refractivity contribution in [1.82, 2.24) is 10.2 Å². The zero-order valence-electron chi connectivity index (χ0n) is 11.6. The van der Waals surface area contributed by atoms with Crippen LogP contribution in [0.15, 0.2) is 23.2 Å². The molecule has 112 valence electrons. The molecular weight excluding hydrogens is 296 g/mol. The van der Waals surface area contributed by atoms with Crippen LogP contribution < -0.4 is 11.1 Å². The van der Waals surface area contributed by atoms with Gasteiger partial charge >= 0.3 is 6.09 Å². The van der Waals surface area contributed by atoms with E-state index in [9.17, 15) is 9.59 Å². The number of hydrogen-bond acceptors (Lipinski definition) is 3. The monoisotopic (exact) mass is 310 g/mol. The molecule has 0 aromatic heterocycles. The lowest BCUT2D eigenvalue weighted by molar-refractivity contribution is -0.129. The van der Waals surface area contributed by atoms with Crippen LogP contribution in [0.2, 0.25) is 5.02 Å². The van der Waals surface area contributed by atoms with E-state index in [1.165, 1.54) is 7.05 Å². The fourth-order valence-corrected chi connectivity index (χ4v) is 2.58. The summed E-state index contributed by atoms with van der Waals surface area (Å²) in [6, 6.07) is 5.11.